The van der Waals surface area contributed by atoms with Crippen molar-refractivity contribution in [3.8, 4) is 5.82 Å². The van der Waals surface area contributed by atoms with Gasteiger partial charge in [0.15, 0.2) is 6.23 Å². The lowest BCUT2D eigenvalue weighted by molar-refractivity contribution is -0.0509. The molecule has 3 aromatic heterocycles. The number of nitrogens with zero attached hydrogens (tertiary/aromatic N) is 6. The summed E-state index contributed by atoms with van der Waals surface area (Å²) in [6, 6.07) is 6.82. The lowest BCUT2D eigenvalue weighted by Crippen LogP contribution is -2.33. The second-order valence-corrected chi connectivity index (χ2v) is 7.17. The molecule has 1 aromatic carbocycles. The SMILES string of the molecule is Nc1ncnc2c1cc(-n1nnc3ccc(Cl)cc31)n2[C@@H]1O[C@H](CO)[C@@H](O)[C@H]1O. The second kappa shape index (κ2) is 6.61. The highest BCUT2D eigenvalue weighted by atomic mass is 35.5. The molecule has 5 N–H and O–H groups in total. The molecule has 1 fully saturated rings. The Morgan fingerprint density at radius 1 is 1.17 bits per heavy atom. The van der Waals surface area contributed by atoms with Gasteiger partial charge in [-0.3, -0.25) is 4.57 Å². The number of hydrogen-bond donors (Lipinski definition) is 4. The standard InChI is InChI=1S/C17H16ClN7O4/c18-7-1-2-9-10(3-7)25(23-22-9)12-4-8-15(19)20-6-21-16(8)24(12)17-14(28)13(27)11(5-26)29-17/h1-4,6,11,13-14,17,26-28H,5H2,(H2,19,20,21)/t11-,13-,14-,17-/m1/s1. The third-order valence-electron chi connectivity index (χ3n) is 5.04. The van der Waals surface area contributed by atoms with Crippen molar-refractivity contribution in [2.45, 2.75) is 24.5 Å². The fourth-order valence-corrected chi connectivity index (χ4v) is 3.77. The summed E-state index contributed by atoms with van der Waals surface area (Å²) in [7, 11) is 0. The van der Waals surface area contributed by atoms with Crippen LogP contribution in [0.1, 0.15) is 6.23 Å². The van der Waals surface area contributed by atoms with Crippen molar-refractivity contribution in [2.24, 2.45) is 0 Å². The predicted molar refractivity (Wildman–Crippen MR) is 102 cm³/mol. The summed E-state index contributed by atoms with van der Waals surface area (Å²) < 4.78 is 8.78. The maximum absolute atomic E-state index is 10.6. The van der Waals surface area contributed by atoms with Gasteiger partial charge in [-0.15, -0.1) is 5.10 Å². The summed E-state index contributed by atoms with van der Waals surface area (Å²) in [6.45, 7) is -0.456. The molecule has 0 bridgehead atoms. The molecule has 0 saturated carbocycles. The van der Waals surface area contributed by atoms with Crippen molar-refractivity contribution in [2.75, 3.05) is 12.3 Å². The first-order valence-electron chi connectivity index (χ1n) is 8.75. The van der Waals surface area contributed by atoms with Gasteiger partial charge >= 0.3 is 0 Å². The number of ether oxygens (including phenoxy) is 1. The second-order valence-electron chi connectivity index (χ2n) is 6.73. The molecular weight excluding hydrogens is 402 g/mol. The molecule has 1 aliphatic rings. The number of nitrogens with two attached hydrogens (primary N) is 1. The molecule has 0 spiro atoms. The summed E-state index contributed by atoms with van der Waals surface area (Å²) in [5.41, 5.74) is 7.60. The van der Waals surface area contributed by atoms with Crippen molar-refractivity contribution < 1.29 is 20.1 Å². The normalized spacial score (nSPS) is 24.7. The average molecular weight is 418 g/mol. The maximum atomic E-state index is 10.6. The van der Waals surface area contributed by atoms with Gasteiger partial charge in [0.05, 0.1) is 17.5 Å². The largest absolute Gasteiger partial charge is 0.394 e. The monoisotopic (exact) mass is 417 g/mol. The Morgan fingerprint density at radius 2 is 2.00 bits per heavy atom. The minimum Gasteiger partial charge on any atom is -0.394 e. The van der Waals surface area contributed by atoms with E-state index in [1.807, 2.05) is 0 Å². The highest BCUT2D eigenvalue weighted by Gasteiger charge is 2.45. The van der Waals surface area contributed by atoms with Crippen LogP contribution in [0.5, 0.6) is 0 Å². The zero-order valence-corrected chi connectivity index (χ0v) is 15.5. The van der Waals surface area contributed by atoms with Crippen LogP contribution in [-0.4, -0.2) is 69.8 Å². The smallest absolute Gasteiger partial charge is 0.166 e. The molecule has 4 aromatic rings. The number of aliphatic hydroxyl groups excluding tert-OH is 3. The average Bonchev–Trinajstić information content (AvgIpc) is 3.37. The van der Waals surface area contributed by atoms with Crippen LogP contribution in [0.25, 0.3) is 27.9 Å². The van der Waals surface area contributed by atoms with E-state index in [9.17, 15) is 15.3 Å². The Morgan fingerprint density at radius 3 is 2.76 bits per heavy atom. The van der Waals surface area contributed by atoms with Crippen LogP contribution < -0.4 is 5.73 Å². The van der Waals surface area contributed by atoms with E-state index in [4.69, 9.17) is 22.1 Å². The van der Waals surface area contributed by atoms with E-state index >= 15 is 0 Å². The maximum Gasteiger partial charge on any atom is 0.166 e. The molecule has 0 aliphatic carbocycles. The molecule has 0 radical (unpaired) electrons. The van der Waals surface area contributed by atoms with Crippen molar-refractivity contribution in [3.63, 3.8) is 0 Å². The lowest BCUT2D eigenvalue weighted by atomic mass is 10.1. The van der Waals surface area contributed by atoms with E-state index < -0.39 is 31.1 Å². The topological polar surface area (TPSA) is 157 Å². The van der Waals surface area contributed by atoms with Gasteiger partial charge in [-0.2, -0.15) is 4.68 Å². The summed E-state index contributed by atoms with van der Waals surface area (Å²) in [5.74, 6) is 0.649. The summed E-state index contributed by atoms with van der Waals surface area (Å²) in [5, 5.41) is 39.6. The molecule has 0 amide bonds. The van der Waals surface area contributed by atoms with E-state index in [1.165, 1.54) is 11.0 Å². The van der Waals surface area contributed by atoms with Crippen molar-refractivity contribution in [3.05, 3.63) is 35.6 Å². The number of aromatic nitrogens is 6. The molecule has 12 heteroatoms. The van der Waals surface area contributed by atoms with Gasteiger partial charge in [-0.05, 0) is 24.3 Å². The van der Waals surface area contributed by atoms with E-state index in [0.717, 1.165) is 0 Å². The van der Waals surface area contributed by atoms with Crippen molar-refractivity contribution in [1.29, 1.82) is 0 Å². The fraction of sp³-hybridized carbons (Fsp3) is 0.294. The summed E-state index contributed by atoms with van der Waals surface area (Å²) in [6.07, 6.45) is -3.33. The highest BCUT2D eigenvalue weighted by molar-refractivity contribution is 6.31. The van der Waals surface area contributed by atoms with E-state index in [2.05, 4.69) is 20.3 Å². The molecule has 150 valence electrons. The molecule has 29 heavy (non-hydrogen) atoms. The van der Waals surface area contributed by atoms with Gasteiger partial charge < -0.3 is 25.8 Å². The molecule has 4 atom stereocenters. The number of halogens is 1. The van der Waals surface area contributed by atoms with Crippen LogP contribution in [0.4, 0.5) is 5.82 Å². The summed E-state index contributed by atoms with van der Waals surface area (Å²) >= 11 is 6.14. The van der Waals surface area contributed by atoms with E-state index in [-0.39, 0.29) is 5.82 Å². The number of nitrogen functional groups attached to an aromatic ring is 1. The van der Waals surface area contributed by atoms with Gasteiger partial charge in [-0.1, -0.05) is 16.8 Å². The molecule has 1 aliphatic heterocycles. The van der Waals surface area contributed by atoms with E-state index in [0.29, 0.717) is 32.9 Å². The fourth-order valence-electron chi connectivity index (χ4n) is 3.61. The summed E-state index contributed by atoms with van der Waals surface area (Å²) in [4.78, 5) is 8.28. The van der Waals surface area contributed by atoms with Gasteiger partial charge in [0.25, 0.3) is 0 Å². The van der Waals surface area contributed by atoms with Crippen LogP contribution in [-0.2, 0) is 4.74 Å². The molecule has 11 nitrogen and oxygen atoms in total. The number of rotatable bonds is 3. The lowest BCUT2D eigenvalue weighted by Gasteiger charge is -2.20. The van der Waals surface area contributed by atoms with Gasteiger partial charge in [0.1, 0.15) is 47.4 Å². The quantitative estimate of drug-likeness (QED) is 0.360. The first-order valence-corrected chi connectivity index (χ1v) is 9.12. The molecule has 5 rings (SSSR count). The zero-order valence-electron chi connectivity index (χ0n) is 14.8. The number of aliphatic hydroxyl groups is 3. The number of anilines is 1. The van der Waals surface area contributed by atoms with Crippen LogP contribution in [0.2, 0.25) is 5.02 Å². The first kappa shape index (κ1) is 18.2. The van der Waals surface area contributed by atoms with Gasteiger partial charge in [-0.25, -0.2) is 9.97 Å². The Bertz CT molecular complexity index is 1230. The molecule has 1 saturated heterocycles. The number of fused-ring (bicyclic) bond motifs is 2. The number of hydrogen-bond acceptors (Lipinski definition) is 9. The third kappa shape index (κ3) is 2.67. The van der Waals surface area contributed by atoms with Crippen molar-refractivity contribution in [1.82, 2.24) is 29.5 Å². The first-order chi connectivity index (χ1) is 14.0. The number of benzene rings is 1. The van der Waals surface area contributed by atoms with Crippen LogP contribution in [0.15, 0.2) is 30.6 Å². The third-order valence-corrected chi connectivity index (χ3v) is 5.27. The van der Waals surface area contributed by atoms with Crippen molar-refractivity contribution >= 4 is 39.5 Å². The Labute approximate surface area is 167 Å². The Balaban J connectivity index is 1.79. The molecule has 0 unspecified atom stereocenters. The van der Waals surface area contributed by atoms with E-state index in [1.54, 1.807) is 28.8 Å². The van der Waals surface area contributed by atoms with Crippen LogP contribution >= 0.6 is 11.6 Å². The minimum atomic E-state index is -1.32. The van der Waals surface area contributed by atoms with Crippen LogP contribution in [0.3, 0.4) is 0 Å². The highest BCUT2D eigenvalue weighted by Crippen LogP contribution is 2.36. The van der Waals surface area contributed by atoms with Crippen LogP contribution in [0, 0.1) is 0 Å². The Hall–Kier alpha value is -2.83. The predicted octanol–water partition coefficient (Wildman–Crippen LogP) is 0.0123. The zero-order chi connectivity index (χ0) is 20.3. The van der Waals surface area contributed by atoms with Gasteiger partial charge in [0.2, 0.25) is 0 Å². The molecule has 4 heterocycles. The molecular formula is C17H16ClN7O4. The minimum absolute atomic E-state index is 0.226. The van der Waals surface area contributed by atoms with Gasteiger partial charge in [0, 0.05) is 5.02 Å². The Kier molecular flexibility index (Phi) is 4.15.